The van der Waals surface area contributed by atoms with Gasteiger partial charge in [0.2, 0.25) is 0 Å². The highest BCUT2D eigenvalue weighted by Crippen LogP contribution is 2.26. The summed E-state index contributed by atoms with van der Waals surface area (Å²) in [6.45, 7) is 1.67. The molecule has 0 unspecified atom stereocenters. The summed E-state index contributed by atoms with van der Waals surface area (Å²) >= 11 is 0. The molecule has 6 heteroatoms. The fourth-order valence-corrected chi connectivity index (χ4v) is 2.82. The van der Waals surface area contributed by atoms with Crippen LogP contribution in [0.15, 0.2) is 18.2 Å². The molecule has 1 aromatic rings. The van der Waals surface area contributed by atoms with E-state index in [0.29, 0.717) is 11.1 Å². The van der Waals surface area contributed by atoms with E-state index in [-0.39, 0.29) is 24.2 Å². The number of nitriles is 1. The molecule has 1 aliphatic carbocycles. The Morgan fingerprint density at radius 2 is 2.14 bits per heavy atom. The highest BCUT2D eigenvalue weighted by Gasteiger charge is 2.27. The van der Waals surface area contributed by atoms with Gasteiger partial charge in [-0.05, 0) is 31.9 Å². The van der Waals surface area contributed by atoms with Crippen molar-refractivity contribution in [1.82, 2.24) is 4.90 Å². The van der Waals surface area contributed by atoms with Gasteiger partial charge in [0.15, 0.2) is 0 Å². The number of nitro benzene ring substituents is 1. The minimum Gasteiger partial charge on any atom is -0.322 e. The van der Waals surface area contributed by atoms with Gasteiger partial charge in [-0.1, -0.05) is 12.8 Å². The molecule has 0 radical (unpaired) electrons. The Balaban J connectivity index is 2.26. The predicted octanol–water partition coefficient (Wildman–Crippen LogP) is 2.81. The van der Waals surface area contributed by atoms with Crippen LogP contribution in [0.2, 0.25) is 0 Å². The Morgan fingerprint density at radius 1 is 1.48 bits per heavy atom. The zero-order chi connectivity index (χ0) is 15.4. The normalized spacial score (nSPS) is 14.7. The monoisotopic (exact) mass is 287 g/mol. The standard InChI is InChI=1S/C15H17N3O3/c1-11-10-12(6-7-14(11)18(20)21)15(19)17(9-8-16)13-4-2-3-5-13/h6-7,10,13H,2-5,9H2,1H3. The fraction of sp³-hybridized carbons (Fsp3) is 0.467. The van der Waals surface area contributed by atoms with Gasteiger partial charge >= 0.3 is 0 Å². The van der Waals surface area contributed by atoms with Crippen molar-refractivity contribution in [3.63, 3.8) is 0 Å². The number of rotatable bonds is 4. The van der Waals surface area contributed by atoms with E-state index in [2.05, 4.69) is 0 Å². The van der Waals surface area contributed by atoms with E-state index < -0.39 is 4.92 Å². The van der Waals surface area contributed by atoms with E-state index in [1.807, 2.05) is 6.07 Å². The first-order valence-electron chi connectivity index (χ1n) is 6.97. The van der Waals surface area contributed by atoms with E-state index >= 15 is 0 Å². The van der Waals surface area contributed by atoms with Crippen molar-refractivity contribution in [3.05, 3.63) is 39.4 Å². The Labute approximate surface area is 123 Å². The molecule has 1 amide bonds. The van der Waals surface area contributed by atoms with Crippen molar-refractivity contribution in [2.24, 2.45) is 0 Å². The lowest BCUT2D eigenvalue weighted by Crippen LogP contribution is -2.39. The van der Waals surface area contributed by atoms with Crippen LogP contribution in [0.25, 0.3) is 0 Å². The highest BCUT2D eigenvalue weighted by molar-refractivity contribution is 5.95. The molecule has 110 valence electrons. The first-order valence-corrected chi connectivity index (χ1v) is 6.97. The molecule has 21 heavy (non-hydrogen) atoms. The summed E-state index contributed by atoms with van der Waals surface area (Å²) in [6.07, 6.45) is 3.97. The summed E-state index contributed by atoms with van der Waals surface area (Å²) in [5.74, 6) is -0.221. The number of carbonyl (C=O) groups is 1. The Bertz CT molecular complexity index is 601. The summed E-state index contributed by atoms with van der Waals surface area (Å²) in [5, 5.41) is 19.7. The Hall–Kier alpha value is -2.42. The summed E-state index contributed by atoms with van der Waals surface area (Å²) < 4.78 is 0. The summed E-state index contributed by atoms with van der Waals surface area (Å²) in [6, 6.07) is 6.48. The lowest BCUT2D eigenvalue weighted by molar-refractivity contribution is -0.385. The zero-order valence-electron chi connectivity index (χ0n) is 11.9. The Morgan fingerprint density at radius 3 is 2.67 bits per heavy atom. The fourth-order valence-electron chi connectivity index (χ4n) is 2.82. The molecule has 1 aliphatic rings. The molecule has 1 saturated carbocycles. The molecule has 0 atom stereocenters. The number of nitrogens with zero attached hydrogens (tertiary/aromatic N) is 3. The van der Waals surface area contributed by atoms with Gasteiger partial charge in [-0.2, -0.15) is 5.26 Å². The predicted molar refractivity (Wildman–Crippen MR) is 76.7 cm³/mol. The number of amides is 1. The largest absolute Gasteiger partial charge is 0.322 e. The van der Waals surface area contributed by atoms with Gasteiger partial charge < -0.3 is 4.90 Å². The molecule has 1 aromatic carbocycles. The molecule has 0 saturated heterocycles. The van der Waals surface area contributed by atoms with Crippen LogP contribution in [0.4, 0.5) is 5.69 Å². The maximum absolute atomic E-state index is 12.6. The SMILES string of the molecule is Cc1cc(C(=O)N(CC#N)C2CCCC2)ccc1[N+](=O)[O-]. The third-order valence-electron chi connectivity index (χ3n) is 3.91. The molecule has 0 spiro atoms. The maximum Gasteiger partial charge on any atom is 0.272 e. The number of nitro groups is 1. The summed E-state index contributed by atoms with van der Waals surface area (Å²) in [4.78, 5) is 24.5. The minimum atomic E-state index is -0.465. The lowest BCUT2D eigenvalue weighted by atomic mass is 10.1. The number of hydrogen-bond donors (Lipinski definition) is 0. The van der Waals surface area contributed by atoms with Crippen molar-refractivity contribution in [2.75, 3.05) is 6.54 Å². The molecule has 2 rings (SSSR count). The average Bonchev–Trinajstić information content (AvgIpc) is 2.97. The topological polar surface area (TPSA) is 87.2 Å². The minimum absolute atomic E-state index is 0.000695. The van der Waals surface area contributed by atoms with Crippen LogP contribution < -0.4 is 0 Å². The Kier molecular flexibility index (Phi) is 4.53. The van der Waals surface area contributed by atoms with Crippen molar-refractivity contribution < 1.29 is 9.72 Å². The van der Waals surface area contributed by atoms with Crippen LogP contribution in [0.5, 0.6) is 0 Å². The first kappa shape index (κ1) is 15.0. The van der Waals surface area contributed by atoms with Crippen molar-refractivity contribution in [1.29, 1.82) is 5.26 Å². The maximum atomic E-state index is 12.6. The van der Waals surface area contributed by atoms with E-state index in [4.69, 9.17) is 5.26 Å². The van der Waals surface area contributed by atoms with Crippen LogP contribution >= 0.6 is 0 Å². The molecular formula is C15H17N3O3. The van der Waals surface area contributed by atoms with Gasteiger partial charge in [0, 0.05) is 23.2 Å². The first-order chi connectivity index (χ1) is 10.0. The van der Waals surface area contributed by atoms with E-state index in [0.717, 1.165) is 25.7 Å². The van der Waals surface area contributed by atoms with Gasteiger partial charge in [0.05, 0.1) is 11.0 Å². The molecule has 6 nitrogen and oxygen atoms in total. The van der Waals surface area contributed by atoms with Gasteiger partial charge in [0.25, 0.3) is 11.6 Å². The molecular weight excluding hydrogens is 270 g/mol. The number of aryl methyl sites for hydroxylation is 1. The van der Waals surface area contributed by atoms with Crippen molar-refractivity contribution in [2.45, 2.75) is 38.6 Å². The van der Waals surface area contributed by atoms with E-state index in [9.17, 15) is 14.9 Å². The third-order valence-corrected chi connectivity index (χ3v) is 3.91. The second-order valence-corrected chi connectivity index (χ2v) is 5.29. The number of carbonyl (C=O) groups excluding carboxylic acids is 1. The summed E-state index contributed by atoms with van der Waals surface area (Å²) in [5.41, 5.74) is 0.855. The number of hydrogen-bond acceptors (Lipinski definition) is 4. The van der Waals surface area contributed by atoms with Crippen LogP contribution in [0.1, 0.15) is 41.6 Å². The van der Waals surface area contributed by atoms with Gasteiger partial charge in [-0.3, -0.25) is 14.9 Å². The molecule has 0 heterocycles. The average molecular weight is 287 g/mol. The van der Waals surface area contributed by atoms with E-state index in [1.54, 1.807) is 11.8 Å². The quantitative estimate of drug-likeness (QED) is 0.484. The van der Waals surface area contributed by atoms with Gasteiger partial charge in [0.1, 0.15) is 6.54 Å². The molecule has 1 fully saturated rings. The van der Waals surface area contributed by atoms with Crippen LogP contribution in [-0.4, -0.2) is 28.3 Å². The number of benzene rings is 1. The van der Waals surface area contributed by atoms with Crippen LogP contribution in [0.3, 0.4) is 0 Å². The molecule has 0 aromatic heterocycles. The van der Waals surface area contributed by atoms with Gasteiger partial charge in [-0.15, -0.1) is 0 Å². The van der Waals surface area contributed by atoms with E-state index in [1.165, 1.54) is 18.2 Å². The van der Waals surface area contributed by atoms with Crippen molar-refractivity contribution in [3.8, 4) is 6.07 Å². The molecule has 0 aliphatic heterocycles. The lowest BCUT2D eigenvalue weighted by Gasteiger charge is -2.26. The van der Waals surface area contributed by atoms with Crippen LogP contribution in [0, 0.1) is 28.4 Å². The second kappa shape index (κ2) is 6.35. The smallest absolute Gasteiger partial charge is 0.272 e. The van der Waals surface area contributed by atoms with Gasteiger partial charge in [-0.25, -0.2) is 0 Å². The molecule has 0 bridgehead atoms. The molecule has 0 N–H and O–H groups in total. The second-order valence-electron chi connectivity index (χ2n) is 5.29. The van der Waals surface area contributed by atoms with Crippen molar-refractivity contribution >= 4 is 11.6 Å². The zero-order valence-corrected chi connectivity index (χ0v) is 11.9. The third kappa shape index (κ3) is 3.19. The summed E-state index contributed by atoms with van der Waals surface area (Å²) in [7, 11) is 0. The van der Waals surface area contributed by atoms with Crippen LogP contribution in [-0.2, 0) is 0 Å². The highest BCUT2D eigenvalue weighted by atomic mass is 16.6.